The van der Waals surface area contributed by atoms with E-state index in [1.54, 1.807) is 0 Å². The number of hydrogen-bond acceptors (Lipinski definition) is 1. The van der Waals surface area contributed by atoms with Crippen LogP contribution in [0.4, 0.5) is 11.4 Å². The van der Waals surface area contributed by atoms with Gasteiger partial charge in [0.05, 0.1) is 0 Å². The summed E-state index contributed by atoms with van der Waals surface area (Å²) in [4.78, 5) is 0. The number of nitrogens with one attached hydrogen (secondary N) is 1. The first-order valence-electron chi connectivity index (χ1n) is 10.8. The zero-order valence-corrected chi connectivity index (χ0v) is 18.7. The van der Waals surface area contributed by atoms with Crippen LogP contribution >= 0.6 is 0 Å². The lowest BCUT2D eigenvalue weighted by Gasteiger charge is -2.12. The summed E-state index contributed by atoms with van der Waals surface area (Å²) in [5.41, 5.74) is 12.3. The molecule has 0 fully saturated rings. The third-order valence-electron chi connectivity index (χ3n) is 5.79. The molecule has 31 heavy (non-hydrogen) atoms. The Balaban J connectivity index is 1.66. The Morgan fingerprint density at radius 2 is 1.35 bits per heavy atom. The molecule has 0 atom stereocenters. The summed E-state index contributed by atoms with van der Waals surface area (Å²) < 4.78 is 0. The van der Waals surface area contributed by atoms with Crippen molar-refractivity contribution in [2.24, 2.45) is 0 Å². The maximum Gasteiger partial charge on any atom is 0.0414 e. The molecule has 4 aromatic carbocycles. The lowest BCUT2D eigenvalue weighted by Crippen LogP contribution is -1.94. The second kappa shape index (κ2) is 9.06. The van der Waals surface area contributed by atoms with E-state index < -0.39 is 0 Å². The van der Waals surface area contributed by atoms with E-state index in [0.29, 0.717) is 0 Å². The Labute approximate surface area is 186 Å². The van der Waals surface area contributed by atoms with Crippen molar-refractivity contribution in [2.45, 2.75) is 27.7 Å². The van der Waals surface area contributed by atoms with Gasteiger partial charge in [-0.2, -0.15) is 0 Å². The van der Waals surface area contributed by atoms with Crippen LogP contribution in [0.2, 0.25) is 0 Å². The van der Waals surface area contributed by atoms with E-state index in [9.17, 15) is 0 Å². The third-order valence-corrected chi connectivity index (χ3v) is 5.79. The monoisotopic (exact) mass is 403 g/mol. The summed E-state index contributed by atoms with van der Waals surface area (Å²) in [5, 5.41) is 3.54. The number of anilines is 2. The SMILES string of the molecule is Cc1ccc(Nc2ccc(/C=C(\c3ccccc3)c3ccc(C)c(C)c3)cc2)c(C)c1. The maximum atomic E-state index is 3.54. The molecular weight excluding hydrogens is 374 g/mol. The maximum absolute atomic E-state index is 3.54. The fourth-order valence-electron chi connectivity index (χ4n) is 3.80. The van der Waals surface area contributed by atoms with Gasteiger partial charge in [0.15, 0.2) is 0 Å². The van der Waals surface area contributed by atoms with Crippen LogP contribution < -0.4 is 5.32 Å². The Morgan fingerprint density at radius 3 is 2.03 bits per heavy atom. The predicted octanol–water partition coefficient (Wildman–Crippen LogP) is 8.25. The molecule has 154 valence electrons. The standard InChI is InChI=1S/C30H29N/c1-21-10-17-30(24(4)18-21)31-28-15-12-25(13-16-28)20-29(26-8-6-5-7-9-26)27-14-11-22(2)23(3)19-27/h5-20,31H,1-4H3/b29-20+. The van der Waals surface area contributed by atoms with Crippen LogP contribution in [-0.4, -0.2) is 0 Å². The minimum absolute atomic E-state index is 1.09. The van der Waals surface area contributed by atoms with E-state index in [1.165, 1.54) is 44.5 Å². The second-order valence-electron chi connectivity index (χ2n) is 8.29. The molecule has 0 radical (unpaired) electrons. The summed E-state index contributed by atoms with van der Waals surface area (Å²) in [6.07, 6.45) is 2.28. The first-order valence-corrected chi connectivity index (χ1v) is 10.8. The summed E-state index contributed by atoms with van der Waals surface area (Å²) in [7, 11) is 0. The van der Waals surface area contributed by atoms with Gasteiger partial charge in [0.2, 0.25) is 0 Å². The Hall–Kier alpha value is -3.58. The zero-order valence-electron chi connectivity index (χ0n) is 18.7. The van der Waals surface area contributed by atoms with Gasteiger partial charge in [-0.3, -0.25) is 0 Å². The number of aryl methyl sites for hydroxylation is 4. The lowest BCUT2D eigenvalue weighted by molar-refractivity contribution is 1.33. The number of hydrogen-bond donors (Lipinski definition) is 1. The summed E-state index contributed by atoms with van der Waals surface area (Å²) in [6.45, 7) is 8.60. The topological polar surface area (TPSA) is 12.0 Å². The Morgan fingerprint density at radius 1 is 0.613 bits per heavy atom. The molecule has 0 bridgehead atoms. The van der Waals surface area contributed by atoms with Gasteiger partial charge in [-0.25, -0.2) is 0 Å². The highest BCUT2D eigenvalue weighted by molar-refractivity contribution is 5.91. The van der Waals surface area contributed by atoms with Crippen LogP contribution in [0.5, 0.6) is 0 Å². The highest BCUT2D eigenvalue weighted by atomic mass is 14.9. The summed E-state index contributed by atoms with van der Waals surface area (Å²) in [6, 6.07) is 32.5. The highest BCUT2D eigenvalue weighted by Gasteiger charge is 2.07. The van der Waals surface area contributed by atoms with Crippen molar-refractivity contribution < 1.29 is 0 Å². The van der Waals surface area contributed by atoms with E-state index in [-0.39, 0.29) is 0 Å². The molecule has 0 aromatic heterocycles. The molecule has 1 heteroatoms. The molecule has 4 aromatic rings. The van der Waals surface area contributed by atoms with Crippen molar-refractivity contribution in [1.82, 2.24) is 0 Å². The fourth-order valence-corrected chi connectivity index (χ4v) is 3.80. The van der Waals surface area contributed by atoms with Gasteiger partial charge in [-0.15, -0.1) is 0 Å². The van der Waals surface area contributed by atoms with Gasteiger partial charge in [-0.1, -0.05) is 78.4 Å². The molecule has 0 heterocycles. The third kappa shape index (κ3) is 4.95. The Bertz CT molecular complexity index is 1220. The quantitative estimate of drug-likeness (QED) is 0.331. The van der Waals surface area contributed by atoms with Crippen LogP contribution in [-0.2, 0) is 0 Å². The van der Waals surface area contributed by atoms with E-state index in [0.717, 1.165) is 11.4 Å². The van der Waals surface area contributed by atoms with Gasteiger partial charge in [0, 0.05) is 11.4 Å². The van der Waals surface area contributed by atoms with E-state index in [4.69, 9.17) is 0 Å². The molecule has 0 saturated carbocycles. The van der Waals surface area contributed by atoms with Crippen LogP contribution in [0.3, 0.4) is 0 Å². The Kier molecular flexibility index (Phi) is 6.04. The van der Waals surface area contributed by atoms with E-state index in [1.807, 2.05) is 0 Å². The molecule has 0 unspecified atom stereocenters. The molecule has 0 spiro atoms. The molecule has 0 aliphatic rings. The molecule has 1 nitrogen and oxygen atoms in total. The van der Waals surface area contributed by atoms with Crippen LogP contribution in [0, 0.1) is 27.7 Å². The van der Waals surface area contributed by atoms with Gasteiger partial charge in [-0.05, 0) is 90.9 Å². The van der Waals surface area contributed by atoms with Gasteiger partial charge in [0.25, 0.3) is 0 Å². The summed E-state index contributed by atoms with van der Waals surface area (Å²) in [5.74, 6) is 0. The number of rotatable bonds is 5. The minimum atomic E-state index is 1.09. The average Bonchev–Trinajstić information content (AvgIpc) is 2.78. The number of benzene rings is 4. The highest BCUT2D eigenvalue weighted by Crippen LogP contribution is 2.28. The van der Waals surface area contributed by atoms with Crippen molar-refractivity contribution in [3.05, 3.63) is 130 Å². The van der Waals surface area contributed by atoms with Crippen LogP contribution in [0.15, 0.2) is 91.0 Å². The van der Waals surface area contributed by atoms with Crippen molar-refractivity contribution in [3.63, 3.8) is 0 Å². The van der Waals surface area contributed by atoms with Crippen molar-refractivity contribution >= 4 is 23.0 Å². The predicted molar refractivity (Wildman–Crippen MR) is 135 cm³/mol. The first kappa shape index (κ1) is 20.7. The van der Waals surface area contributed by atoms with E-state index in [2.05, 4.69) is 130 Å². The van der Waals surface area contributed by atoms with Crippen molar-refractivity contribution in [1.29, 1.82) is 0 Å². The van der Waals surface area contributed by atoms with Crippen LogP contribution in [0.25, 0.3) is 11.6 Å². The lowest BCUT2D eigenvalue weighted by atomic mass is 9.93. The normalized spacial score (nSPS) is 11.4. The van der Waals surface area contributed by atoms with Crippen LogP contribution in [0.1, 0.15) is 38.9 Å². The smallest absolute Gasteiger partial charge is 0.0414 e. The van der Waals surface area contributed by atoms with Gasteiger partial charge in [0.1, 0.15) is 0 Å². The average molecular weight is 404 g/mol. The molecular formula is C30H29N. The summed E-state index contributed by atoms with van der Waals surface area (Å²) >= 11 is 0. The molecule has 1 N–H and O–H groups in total. The zero-order chi connectivity index (χ0) is 21.8. The second-order valence-corrected chi connectivity index (χ2v) is 8.29. The van der Waals surface area contributed by atoms with Gasteiger partial charge >= 0.3 is 0 Å². The van der Waals surface area contributed by atoms with Gasteiger partial charge < -0.3 is 5.32 Å². The largest absolute Gasteiger partial charge is 0.355 e. The van der Waals surface area contributed by atoms with E-state index >= 15 is 0 Å². The minimum Gasteiger partial charge on any atom is -0.355 e. The fraction of sp³-hybridized carbons (Fsp3) is 0.133. The van der Waals surface area contributed by atoms with Crippen molar-refractivity contribution in [3.8, 4) is 0 Å². The molecule has 0 aliphatic carbocycles. The first-order chi connectivity index (χ1) is 15.0. The molecule has 0 amide bonds. The van der Waals surface area contributed by atoms with Crippen molar-refractivity contribution in [2.75, 3.05) is 5.32 Å². The molecule has 0 saturated heterocycles. The molecule has 4 rings (SSSR count). The molecule has 0 aliphatic heterocycles.